The van der Waals surface area contributed by atoms with Crippen LogP contribution in [0.2, 0.25) is 0 Å². The van der Waals surface area contributed by atoms with E-state index in [4.69, 9.17) is 0 Å². The summed E-state index contributed by atoms with van der Waals surface area (Å²) in [6, 6.07) is 13.8. The summed E-state index contributed by atoms with van der Waals surface area (Å²) in [5, 5.41) is 0. The fourth-order valence-electron chi connectivity index (χ4n) is 5.54. The maximum Gasteiger partial charge on any atom is 0.243 e. The Morgan fingerprint density at radius 3 is 1.06 bits per heavy atom. The van der Waals surface area contributed by atoms with Gasteiger partial charge in [-0.25, -0.2) is 16.8 Å². The molecule has 2 aromatic carbocycles. The van der Waals surface area contributed by atoms with Crippen LogP contribution in [0.25, 0.3) is 11.1 Å². The normalized spacial score (nSPS) is 27.5. The van der Waals surface area contributed by atoms with Crippen molar-refractivity contribution in [1.29, 1.82) is 0 Å². The molecule has 0 bridgehead atoms. The number of rotatable bonds is 5. The minimum absolute atomic E-state index is 0.296. The lowest BCUT2D eigenvalue weighted by molar-refractivity contribution is 0.222. The number of hydrogen-bond donors (Lipinski definition) is 0. The molecule has 0 saturated carbocycles. The number of hydrogen-bond acceptors (Lipinski definition) is 4. The second-order valence-corrected chi connectivity index (χ2v) is 14.5. The molecule has 0 aliphatic carbocycles. The van der Waals surface area contributed by atoms with E-state index in [0.717, 1.165) is 24.0 Å². The Kier molecular flexibility index (Phi) is 7.25. The van der Waals surface area contributed by atoms with E-state index >= 15 is 0 Å². The van der Waals surface area contributed by atoms with Crippen molar-refractivity contribution in [2.75, 3.05) is 26.2 Å². The molecule has 34 heavy (non-hydrogen) atoms. The topological polar surface area (TPSA) is 74.8 Å². The molecule has 4 rings (SSSR count). The largest absolute Gasteiger partial charge is 0.243 e. The van der Waals surface area contributed by atoms with Crippen molar-refractivity contribution in [3.8, 4) is 11.1 Å². The molecule has 8 heteroatoms. The van der Waals surface area contributed by atoms with E-state index in [1.165, 1.54) is 0 Å². The van der Waals surface area contributed by atoms with Crippen molar-refractivity contribution < 1.29 is 16.8 Å². The monoisotopic (exact) mass is 504 g/mol. The van der Waals surface area contributed by atoms with Gasteiger partial charge in [-0.2, -0.15) is 8.61 Å². The molecular weight excluding hydrogens is 468 g/mol. The van der Waals surface area contributed by atoms with Gasteiger partial charge in [-0.3, -0.25) is 0 Å². The Bertz CT molecular complexity index is 1090. The minimum Gasteiger partial charge on any atom is -0.207 e. The minimum atomic E-state index is -3.53. The maximum atomic E-state index is 13.1. The molecule has 2 heterocycles. The van der Waals surface area contributed by atoms with E-state index in [2.05, 4.69) is 27.7 Å². The van der Waals surface area contributed by atoms with E-state index in [0.29, 0.717) is 59.6 Å². The molecule has 0 radical (unpaired) electrons. The average molecular weight is 505 g/mol. The molecular formula is C26H36N2O4S2. The quantitative estimate of drug-likeness (QED) is 0.592. The van der Waals surface area contributed by atoms with Crippen molar-refractivity contribution in [2.45, 2.75) is 50.3 Å². The summed E-state index contributed by atoms with van der Waals surface area (Å²) in [5.41, 5.74) is 1.70. The van der Waals surface area contributed by atoms with Gasteiger partial charge in [0, 0.05) is 26.2 Å². The third kappa shape index (κ3) is 5.25. The highest BCUT2D eigenvalue weighted by Gasteiger charge is 2.33. The van der Waals surface area contributed by atoms with Gasteiger partial charge in [0.05, 0.1) is 9.79 Å². The highest BCUT2D eigenvalue weighted by molar-refractivity contribution is 7.89. The summed E-state index contributed by atoms with van der Waals surface area (Å²) < 4.78 is 55.7. The summed E-state index contributed by atoms with van der Waals surface area (Å²) in [6.07, 6.45) is 2.10. The van der Waals surface area contributed by atoms with Crippen LogP contribution < -0.4 is 0 Å². The van der Waals surface area contributed by atoms with Crippen LogP contribution in [0.5, 0.6) is 0 Å². The lowest BCUT2D eigenvalue weighted by Gasteiger charge is -2.34. The Balaban J connectivity index is 1.51. The third-order valence-electron chi connectivity index (χ3n) is 6.99. The van der Waals surface area contributed by atoms with E-state index < -0.39 is 20.0 Å². The zero-order chi connectivity index (χ0) is 24.7. The van der Waals surface area contributed by atoms with Crippen molar-refractivity contribution in [3.05, 3.63) is 48.5 Å². The molecule has 0 spiro atoms. The standard InChI is InChI=1S/C26H36N2O4S2/c1-19-13-20(2)16-27(15-19)33(29,30)25-9-5-23(6-10-25)24-7-11-26(12-8-24)34(31,32)28-17-21(3)14-22(4)18-28/h5-12,19-22H,13-18H2,1-4H3/t19-,20-,21-,22-/m1/s1. The second kappa shape index (κ2) is 9.72. The fraction of sp³-hybridized carbons (Fsp3) is 0.538. The molecule has 0 N–H and O–H groups in total. The predicted molar refractivity (Wildman–Crippen MR) is 135 cm³/mol. The molecule has 6 nitrogen and oxygen atoms in total. The fourth-order valence-corrected chi connectivity index (χ4v) is 8.90. The van der Waals surface area contributed by atoms with E-state index in [1.807, 2.05) is 0 Å². The van der Waals surface area contributed by atoms with Gasteiger partial charge >= 0.3 is 0 Å². The van der Waals surface area contributed by atoms with Crippen LogP contribution in [-0.4, -0.2) is 51.6 Å². The lowest BCUT2D eigenvalue weighted by atomic mass is 9.94. The van der Waals surface area contributed by atoms with Gasteiger partial charge in [0.1, 0.15) is 0 Å². The van der Waals surface area contributed by atoms with E-state index in [9.17, 15) is 16.8 Å². The van der Waals surface area contributed by atoms with Gasteiger partial charge in [0.25, 0.3) is 0 Å². The Hall–Kier alpha value is -1.74. The first-order valence-corrected chi connectivity index (χ1v) is 15.1. The summed E-state index contributed by atoms with van der Waals surface area (Å²) in [5.74, 6) is 1.40. The molecule has 2 aliphatic heterocycles. The SMILES string of the molecule is C[C@@H]1C[C@@H](C)CN(S(=O)(=O)c2ccc(-c3ccc(S(=O)(=O)N4C[C@H](C)C[C@@H](C)C4)cc3)cc2)C1. The van der Waals surface area contributed by atoms with E-state index in [-0.39, 0.29) is 0 Å². The first-order chi connectivity index (χ1) is 16.0. The summed E-state index contributed by atoms with van der Waals surface area (Å²) >= 11 is 0. The predicted octanol–water partition coefficient (Wildman–Crippen LogP) is 4.69. The number of nitrogens with zero attached hydrogens (tertiary/aromatic N) is 2. The smallest absolute Gasteiger partial charge is 0.207 e. The molecule has 2 saturated heterocycles. The first kappa shape index (κ1) is 25.4. The summed E-state index contributed by atoms with van der Waals surface area (Å²) in [6.45, 7) is 10.6. The first-order valence-electron chi connectivity index (χ1n) is 12.2. The molecule has 186 valence electrons. The number of sulfonamides is 2. The summed E-state index contributed by atoms with van der Waals surface area (Å²) in [4.78, 5) is 0.593. The van der Waals surface area contributed by atoms with Gasteiger partial charge in [-0.15, -0.1) is 0 Å². The summed E-state index contributed by atoms with van der Waals surface area (Å²) in [7, 11) is -7.05. The zero-order valence-corrected chi connectivity index (χ0v) is 22.1. The van der Waals surface area contributed by atoms with Crippen molar-refractivity contribution >= 4 is 20.0 Å². The number of benzene rings is 2. The van der Waals surface area contributed by atoms with Crippen LogP contribution in [0.4, 0.5) is 0 Å². The second-order valence-electron chi connectivity index (χ2n) is 10.6. The molecule has 4 atom stereocenters. The molecule has 2 aliphatic rings. The molecule has 0 unspecified atom stereocenters. The Labute approximate surface area is 205 Å². The van der Waals surface area contributed by atoms with Gasteiger partial charge in [-0.1, -0.05) is 52.0 Å². The van der Waals surface area contributed by atoms with Crippen LogP contribution in [0, 0.1) is 23.7 Å². The zero-order valence-electron chi connectivity index (χ0n) is 20.5. The van der Waals surface area contributed by atoms with Crippen LogP contribution in [0.15, 0.2) is 58.3 Å². The van der Waals surface area contributed by atoms with Gasteiger partial charge in [0.15, 0.2) is 0 Å². The highest BCUT2D eigenvalue weighted by atomic mass is 32.2. The van der Waals surface area contributed by atoms with Crippen molar-refractivity contribution in [3.63, 3.8) is 0 Å². The van der Waals surface area contributed by atoms with Gasteiger partial charge in [0.2, 0.25) is 20.0 Å². The molecule has 0 amide bonds. The molecule has 2 fully saturated rings. The highest BCUT2D eigenvalue weighted by Crippen LogP contribution is 2.30. The van der Waals surface area contributed by atoms with Crippen LogP contribution in [0.1, 0.15) is 40.5 Å². The Morgan fingerprint density at radius 1 is 0.529 bits per heavy atom. The van der Waals surface area contributed by atoms with Crippen LogP contribution in [0.3, 0.4) is 0 Å². The van der Waals surface area contributed by atoms with Gasteiger partial charge in [-0.05, 0) is 71.9 Å². The molecule has 2 aromatic rings. The average Bonchev–Trinajstić information content (AvgIpc) is 2.78. The van der Waals surface area contributed by atoms with E-state index in [1.54, 1.807) is 57.1 Å². The van der Waals surface area contributed by atoms with Crippen molar-refractivity contribution in [1.82, 2.24) is 8.61 Å². The van der Waals surface area contributed by atoms with Crippen molar-refractivity contribution in [2.24, 2.45) is 23.7 Å². The Morgan fingerprint density at radius 2 is 0.794 bits per heavy atom. The van der Waals surface area contributed by atoms with Crippen LogP contribution >= 0.6 is 0 Å². The maximum absolute atomic E-state index is 13.1. The van der Waals surface area contributed by atoms with Gasteiger partial charge < -0.3 is 0 Å². The lowest BCUT2D eigenvalue weighted by Crippen LogP contribution is -2.42. The van der Waals surface area contributed by atoms with Crippen LogP contribution in [-0.2, 0) is 20.0 Å². The third-order valence-corrected chi connectivity index (χ3v) is 10.7. The molecule has 0 aromatic heterocycles. The number of piperidine rings is 2.